The van der Waals surface area contributed by atoms with Crippen LogP contribution in [0.1, 0.15) is 21.6 Å². The van der Waals surface area contributed by atoms with E-state index in [0.717, 1.165) is 16.5 Å². The van der Waals surface area contributed by atoms with Crippen LogP contribution in [-0.2, 0) is 7.05 Å². The summed E-state index contributed by atoms with van der Waals surface area (Å²) in [6, 6.07) is 17.7. The normalized spacial score (nSPS) is 11.2. The summed E-state index contributed by atoms with van der Waals surface area (Å²) in [5.41, 5.74) is 6.32. The smallest absolute Gasteiger partial charge is 0.287 e. The van der Waals surface area contributed by atoms with Crippen LogP contribution in [-0.4, -0.2) is 16.7 Å². The number of amides is 1. The molecule has 0 aliphatic rings. The predicted octanol–water partition coefficient (Wildman–Crippen LogP) is 3.25. The molecule has 0 spiro atoms. The largest absolute Gasteiger partial charge is 0.340 e. The van der Waals surface area contributed by atoms with Crippen LogP contribution in [0.5, 0.6) is 0 Å². The zero-order valence-electron chi connectivity index (χ0n) is 12.6. The topological polar surface area (TPSA) is 46.4 Å². The van der Waals surface area contributed by atoms with Gasteiger partial charge in [-0.25, -0.2) is 5.43 Å². The number of aromatic nitrogens is 1. The minimum absolute atomic E-state index is 0.220. The summed E-state index contributed by atoms with van der Waals surface area (Å²) in [7, 11) is 1.88. The first-order valence-electron chi connectivity index (χ1n) is 7.10. The molecule has 0 fully saturated rings. The van der Waals surface area contributed by atoms with Gasteiger partial charge in [0, 0.05) is 18.0 Å². The van der Waals surface area contributed by atoms with Crippen molar-refractivity contribution < 1.29 is 4.79 Å². The van der Waals surface area contributed by atoms with Gasteiger partial charge in [0.25, 0.3) is 5.91 Å². The Balaban J connectivity index is 1.76. The fourth-order valence-electron chi connectivity index (χ4n) is 2.38. The minimum atomic E-state index is -0.220. The van der Waals surface area contributed by atoms with Gasteiger partial charge in [-0.15, -0.1) is 0 Å². The van der Waals surface area contributed by atoms with E-state index in [9.17, 15) is 4.79 Å². The first kappa shape index (κ1) is 14.1. The highest BCUT2D eigenvalue weighted by molar-refractivity contribution is 5.99. The molecule has 0 radical (unpaired) electrons. The lowest BCUT2D eigenvalue weighted by molar-refractivity contribution is 0.0947. The van der Waals surface area contributed by atoms with Crippen LogP contribution in [0.4, 0.5) is 0 Å². The summed E-state index contributed by atoms with van der Waals surface area (Å²) < 4.78 is 1.87. The SMILES string of the molecule is Cc1ccc(/C=N/NC(=O)c2cc3ccccc3n2C)cc1. The number of carbonyl (C=O) groups excluding carboxylic acids is 1. The number of para-hydroxylation sites is 1. The zero-order valence-corrected chi connectivity index (χ0v) is 12.6. The molecule has 110 valence electrons. The lowest BCUT2D eigenvalue weighted by Crippen LogP contribution is -2.20. The van der Waals surface area contributed by atoms with Gasteiger partial charge in [0.05, 0.1) is 6.21 Å². The van der Waals surface area contributed by atoms with Crippen LogP contribution in [0.2, 0.25) is 0 Å². The van der Waals surface area contributed by atoms with Crippen molar-refractivity contribution >= 4 is 23.0 Å². The molecule has 0 saturated carbocycles. The monoisotopic (exact) mass is 291 g/mol. The van der Waals surface area contributed by atoms with Crippen molar-refractivity contribution in [2.75, 3.05) is 0 Å². The van der Waals surface area contributed by atoms with Crippen LogP contribution in [0, 0.1) is 6.92 Å². The van der Waals surface area contributed by atoms with Crippen molar-refractivity contribution in [3.05, 3.63) is 71.4 Å². The molecule has 0 unspecified atom stereocenters. The molecule has 1 aromatic heterocycles. The standard InChI is InChI=1S/C18H17N3O/c1-13-7-9-14(10-8-13)12-19-20-18(22)17-11-15-5-3-4-6-16(15)21(17)2/h3-12H,1-2H3,(H,20,22)/b19-12+. The molecule has 2 aromatic carbocycles. The van der Waals surface area contributed by atoms with Gasteiger partial charge < -0.3 is 4.57 Å². The van der Waals surface area contributed by atoms with E-state index in [-0.39, 0.29) is 5.91 Å². The van der Waals surface area contributed by atoms with Gasteiger partial charge in [0.15, 0.2) is 0 Å². The van der Waals surface area contributed by atoms with Gasteiger partial charge in [-0.2, -0.15) is 5.10 Å². The lowest BCUT2D eigenvalue weighted by Gasteiger charge is -2.02. The molecule has 0 aliphatic carbocycles. The maximum absolute atomic E-state index is 12.2. The average Bonchev–Trinajstić information content (AvgIpc) is 2.87. The Hall–Kier alpha value is -2.88. The molecule has 3 rings (SSSR count). The summed E-state index contributed by atoms with van der Waals surface area (Å²) in [5.74, 6) is -0.220. The highest BCUT2D eigenvalue weighted by atomic mass is 16.2. The molecular weight excluding hydrogens is 274 g/mol. The maximum atomic E-state index is 12.2. The third-order valence-corrected chi connectivity index (χ3v) is 3.64. The average molecular weight is 291 g/mol. The van der Waals surface area contributed by atoms with Gasteiger partial charge in [-0.05, 0) is 24.6 Å². The molecule has 1 heterocycles. The van der Waals surface area contributed by atoms with Crippen molar-refractivity contribution in [2.45, 2.75) is 6.92 Å². The quantitative estimate of drug-likeness (QED) is 0.584. The van der Waals surface area contributed by atoms with Crippen LogP contribution in [0.25, 0.3) is 10.9 Å². The summed E-state index contributed by atoms with van der Waals surface area (Å²) >= 11 is 0. The molecule has 0 bridgehead atoms. The highest BCUT2D eigenvalue weighted by Crippen LogP contribution is 2.18. The van der Waals surface area contributed by atoms with E-state index in [1.165, 1.54) is 5.56 Å². The van der Waals surface area contributed by atoms with E-state index in [0.29, 0.717) is 5.69 Å². The number of nitrogens with one attached hydrogen (secondary N) is 1. The summed E-state index contributed by atoms with van der Waals surface area (Å²) in [6.07, 6.45) is 1.64. The molecule has 4 heteroatoms. The molecule has 0 saturated heterocycles. The van der Waals surface area contributed by atoms with Gasteiger partial charge in [-0.3, -0.25) is 4.79 Å². The number of rotatable bonds is 3. The Morgan fingerprint density at radius 1 is 1.14 bits per heavy atom. The summed E-state index contributed by atoms with van der Waals surface area (Å²) in [4.78, 5) is 12.2. The number of hydrogen-bond donors (Lipinski definition) is 1. The van der Waals surface area contributed by atoms with E-state index in [2.05, 4.69) is 10.5 Å². The second kappa shape index (κ2) is 5.85. The van der Waals surface area contributed by atoms with Crippen LogP contribution in [0.15, 0.2) is 59.7 Å². The molecule has 1 N–H and O–H groups in total. The molecule has 4 nitrogen and oxygen atoms in total. The van der Waals surface area contributed by atoms with E-state index in [1.807, 2.05) is 73.1 Å². The molecule has 0 aliphatic heterocycles. The van der Waals surface area contributed by atoms with E-state index >= 15 is 0 Å². The van der Waals surface area contributed by atoms with E-state index in [1.54, 1.807) is 6.21 Å². The molecule has 22 heavy (non-hydrogen) atoms. The van der Waals surface area contributed by atoms with Gasteiger partial charge in [0.2, 0.25) is 0 Å². The summed E-state index contributed by atoms with van der Waals surface area (Å²) in [6.45, 7) is 2.03. The number of benzene rings is 2. The van der Waals surface area contributed by atoms with Crippen molar-refractivity contribution in [3.8, 4) is 0 Å². The number of hydrogen-bond acceptors (Lipinski definition) is 2. The number of nitrogens with zero attached hydrogens (tertiary/aromatic N) is 2. The van der Waals surface area contributed by atoms with Gasteiger partial charge in [0.1, 0.15) is 5.69 Å². The first-order chi connectivity index (χ1) is 10.6. The Morgan fingerprint density at radius 2 is 1.86 bits per heavy atom. The fraction of sp³-hybridized carbons (Fsp3) is 0.111. The van der Waals surface area contributed by atoms with E-state index in [4.69, 9.17) is 0 Å². The first-order valence-corrected chi connectivity index (χ1v) is 7.10. The van der Waals surface area contributed by atoms with Crippen molar-refractivity contribution in [2.24, 2.45) is 12.1 Å². The maximum Gasteiger partial charge on any atom is 0.287 e. The Kier molecular flexibility index (Phi) is 3.74. The second-order valence-corrected chi connectivity index (χ2v) is 5.26. The van der Waals surface area contributed by atoms with Crippen LogP contribution < -0.4 is 5.43 Å². The fourth-order valence-corrected chi connectivity index (χ4v) is 2.38. The Labute approximate surface area is 129 Å². The van der Waals surface area contributed by atoms with E-state index < -0.39 is 0 Å². The van der Waals surface area contributed by atoms with Crippen molar-refractivity contribution in [1.29, 1.82) is 0 Å². The minimum Gasteiger partial charge on any atom is -0.340 e. The molecular formula is C18H17N3O. The van der Waals surface area contributed by atoms with Crippen LogP contribution in [0.3, 0.4) is 0 Å². The Morgan fingerprint density at radius 3 is 2.59 bits per heavy atom. The van der Waals surface area contributed by atoms with Gasteiger partial charge >= 0.3 is 0 Å². The van der Waals surface area contributed by atoms with Crippen LogP contribution >= 0.6 is 0 Å². The molecule has 3 aromatic rings. The van der Waals surface area contributed by atoms with Gasteiger partial charge in [-0.1, -0.05) is 48.0 Å². The second-order valence-electron chi connectivity index (χ2n) is 5.26. The predicted molar refractivity (Wildman–Crippen MR) is 89.2 cm³/mol. The van der Waals surface area contributed by atoms with Crippen molar-refractivity contribution in [1.82, 2.24) is 9.99 Å². The number of hydrazone groups is 1. The highest BCUT2D eigenvalue weighted by Gasteiger charge is 2.11. The molecule has 0 atom stereocenters. The number of fused-ring (bicyclic) bond motifs is 1. The Bertz CT molecular complexity index is 844. The summed E-state index contributed by atoms with van der Waals surface area (Å²) in [5, 5.41) is 5.06. The number of aryl methyl sites for hydroxylation is 2. The molecule has 1 amide bonds. The third-order valence-electron chi connectivity index (χ3n) is 3.64. The zero-order chi connectivity index (χ0) is 15.5. The van der Waals surface area contributed by atoms with Crippen molar-refractivity contribution in [3.63, 3.8) is 0 Å². The number of carbonyl (C=O) groups is 1. The third kappa shape index (κ3) is 2.76. The lowest BCUT2D eigenvalue weighted by atomic mass is 10.2.